The van der Waals surface area contributed by atoms with Crippen molar-refractivity contribution >= 4 is 76.2 Å². The maximum atomic E-state index is 4.51. The molecule has 3 nitrogen and oxygen atoms in total. The van der Waals surface area contributed by atoms with Crippen LogP contribution in [0.25, 0.3) is 31.9 Å². The molecule has 7 heteroatoms. The van der Waals surface area contributed by atoms with E-state index in [9.17, 15) is 0 Å². The first-order chi connectivity index (χ1) is 12.6. The fraction of sp³-hybridized carbons (Fsp3) is 0.300. The summed E-state index contributed by atoms with van der Waals surface area (Å²) in [6.07, 6.45) is 0. The first-order valence-electron chi connectivity index (χ1n) is 9.19. The molecule has 0 saturated carbocycles. The Bertz CT molecular complexity index is 1020. The molecule has 0 spiro atoms. The van der Waals surface area contributed by atoms with Gasteiger partial charge in [0.15, 0.2) is 0 Å². The van der Waals surface area contributed by atoms with Gasteiger partial charge in [-0.05, 0) is 0 Å². The molecule has 0 fully saturated rings. The molecule has 0 unspecified atom stereocenters. The molecule has 0 aliphatic heterocycles. The third kappa shape index (κ3) is 3.89. The van der Waals surface area contributed by atoms with Crippen LogP contribution in [-0.4, -0.2) is 52.2 Å². The SMILES string of the molecule is [CH3][Sn]([CH3])([CH3])[c]1ccc(-c2ccc(-c3cc[c]([Sn]([CH3])([CH3])[CH3])s3)c3n[nH]nc23)s1. The summed E-state index contributed by atoms with van der Waals surface area (Å²) >= 11 is -0.194. The van der Waals surface area contributed by atoms with Gasteiger partial charge in [-0.2, -0.15) is 0 Å². The Kier molecular flexibility index (Phi) is 5.27. The van der Waals surface area contributed by atoms with Crippen LogP contribution in [0.2, 0.25) is 29.6 Å². The van der Waals surface area contributed by atoms with E-state index >= 15 is 0 Å². The number of benzene rings is 1. The summed E-state index contributed by atoms with van der Waals surface area (Å²) in [5.41, 5.74) is 4.36. The van der Waals surface area contributed by atoms with Crippen molar-refractivity contribution in [3.8, 4) is 20.9 Å². The van der Waals surface area contributed by atoms with Crippen molar-refractivity contribution in [1.82, 2.24) is 15.4 Å². The van der Waals surface area contributed by atoms with Gasteiger partial charge in [0.05, 0.1) is 0 Å². The average molecular weight is 609 g/mol. The molecule has 3 heterocycles. The Morgan fingerprint density at radius 2 is 1.04 bits per heavy atom. The topological polar surface area (TPSA) is 41.6 Å². The molecule has 0 radical (unpaired) electrons. The molecule has 4 rings (SSSR count). The third-order valence-electron chi connectivity index (χ3n) is 4.70. The molecule has 3 aromatic heterocycles. The normalized spacial score (nSPS) is 12.8. The van der Waals surface area contributed by atoms with E-state index in [0.717, 1.165) is 11.0 Å². The summed E-state index contributed by atoms with van der Waals surface area (Å²) in [6.45, 7) is 0. The number of hydrogen-bond donors (Lipinski definition) is 1. The number of rotatable bonds is 4. The van der Waals surface area contributed by atoms with Crippen molar-refractivity contribution in [2.45, 2.75) is 29.6 Å². The van der Waals surface area contributed by atoms with Gasteiger partial charge < -0.3 is 0 Å². The van der Waals surface area contributed by atoms with Crippen LogP contribution in [-0.2, 0) is 0 Å². The second kappa shape index (κ2) is 7.14. The quantitative estimate of drug-likeness (QED) is 0.311. The van der Waals surface area contributed by atoms with Crippen molar-refractivity contribution in [3.05, 3.63) is 36.4 Å². The molecule has 0 aliphatic carbocycles. The summed E-state index contributed by atoms with van der Waals surface area (Å²) in [7, 11) is 0. The Balaban J connectivity index is 1.82. The van der Waals surface area contributed by atoms with Gasteiger partial charge in [0, 0.05) is 0 Å². The van der Waals surface area contributed by atoms with Crippen molar-refractivity contribution in [1.29, 1.82) is 0 Å². The molecule has 0 saturated heterocycles. The number of hydrogen-bond acceptors (Lipinski definition) is 4. The number of H-pyrrole nitrogens is 1. The molecule has 0 bridgehead atoms. The van der Waals surface area contributed by atoms with Crippen LogP contribution >= 0.6 is 22.7 Å². The molecule has 0 aliphatic rings. The summed E-state index contributed by atoms with van der Waals surface area (Å²) in [5, 5.41) is 11.9. The maximum absolute atomic E-state index is 4.51. The zero-order valence-electron chi connectivity index (χ0n) is 16.7. The van der Waals surface area contributed by atoms with Crippen LogP contribution in [0.4, 0.5) is 0 Å². The monoisotopic (exact) mass is 611 g/mol. The number of thiophene rings is 2. The third-order valence-corrected chi connectivity index (χ3v) is 25.9. The van der Waals surface area contributed by atoms with Gasteiger partial charge in [0.25, 0.3) is 0 Å². The van der Waals surface area contributed by atoms with E-state index in [1.165, 1.54) is 20.9 Å². The van der Waals surface area contributed by atoms with Crippen LogP contribution in [0, 0.1) is 0 Å². The van der Waals surface area contributed by atoms with E-state index in [-0.39, 0.29) is 0 Å². The first kappa shape index (κ1) is 19.9. The van der Waals surface area contributed by atoms with Crippen LogP contribution in [0.5, 0.6) is 0 Å². The van der Waals surface area contributed by atoms with Gasteiger partial charge in [-0.15, -0.1) is 0 Å². The van der Waals surface area contributed by atoms with Gasteiger partial charge in [-0.25, -0.2) is 0 Å². The fourth-order valence-electron chi connectivity index (χ4n) is 3.10. The summed E-state index contributed by atoms with van der Waals surface area (Å²) in [6, 6.07) is 13.7. The van der Waals surface area contributed by atoms with Gasteiger partial charge in [0.2, 0.25) is 0 Å². The number of aromatic amines is 1. The van der Waals surface area contributed by atoms with Crippen LogP contribution in [0.1, 0.15) is 0 Å². The molecule has 0 atom stereocenters. The zero-order valence-corrected chi connectivity index (χ0v) is 24.0. The van der Waals surface area contributed by atoms with Crippen molar-refractivity contribution in [3.63, 3.8) is 0 Å². The second-order valence-electron chi connectivity index (χ2n) is 9.01. The Labute approximate surface area is 177 Å². The number of fused-ring (bicyclic) bond motifs is 1. The van der Waals surface area contributed by atoms with E-state index in [1.54, 1.807) is 5.79 Å². The molecule has 27 heavy (non-hydrogen) atoms. The fourth-order valence-corrected chi connectivity index (χ4v) is 15.7. The summed E-state index contributed by atoms with van der Waals surface area (Å²) in [5.74, 6) is 0. The molecular weight excluding hydrogens is 584 g/mol. The molecule has 4 aromatic rings. The van der Waals surface area contributed by atoms with Crippen molar-refractivity contribution < 1.29 is 0 Å². The molecule has 1 N–H and O–H groups in total. The van der Waals surface area contributed by atoms with E-state index in [2.05, 4.69) is 81.4 Å². The predicted molar refractivity (Wildman–Crippen MR) is 126 cm³/mol. The Hall–Kier alpha value is -0.383. The molecule has 1 aromatic carbocycles. The number of nitrogens with zero attached hydrogens (tertiary/aromatic N) is 2. The second-order valence-corrected chi connectivity index (χ2v) is 42.0. The van der Waals surface area contributed by atoms with Gasteiger partial charge in [0.1, 0.15) is 0 Å². The molecule has 0 amide bonds. The van der Waals surface area contributed by atoms with E-state index < -0.39 is 36.8 Å². The van der Waals surface area contributed by atoms with Crippen LogP contribution < -0.4 is 5.79 Å². The van der Waals surface area contributed by atoms with E-state index in [4.69, 9.17) is 0 Å². The van der Waals surface area contributed by atoms with E-state index in [0.29, 0.717) is 0 Å². The standard InChI is InChI=1S/C14H7N3S2.6CH3.2Sn/c1-3-11(18-7-1)9-5-6-10(12-4-2-8-19-12)14-13(9)15-17-16-14;;;;;;;;/h1-6H,(H,15,16,17);6*1H3;;. The first-order valence-corrected chi connectivity index (χ1v) is 30.8. The van der Waals surface area contributed by atoms with Crippen LogP contribution in [0.15, 0.2) is 36.4 Å². The van der Waals surface area contributed by atoms with Gasteiger partial charge in [-0.3, -0.25) is 0 Å². The van der Waals surface area contributed by atoms with E-state index in [1.807, 2.05) is 22.7 Å². The zero-order chi connectivity index (χ0) is 19.4. The minimum atomic E-state index is -2.04. The van der Waals surface area contributed by atoms with Gasteiger partial charge in [-0.1, -0.05) is 0 Å². The number of aromatic nitrogens is 3. The number of nitrogens with one attached hydrogen (secondary N) is 1. The van der Waals surface area contributed by atoms with Crippen LogP contribution in [0.3, 0.4) is 0 Å². The Morgan fingerprint density at radius 3 is 1.37 bits per heavy atom. The predicted octanol–water partition coefficient (Wildman–Crippen LogP) is 5.51. The molecular formula is C20H25N3S2Sn2. The summed E-state index contributed by atoms with van der Waals surface area (Å²) in [4.78, 5) is 17.4. The molecule has 140 valence electrons. The Morgan fingerprint density at radius 1 is 0.630 bits per heavy atom. The summed E-state index contributed by atoms with van der Waals surface area (Å²) < 4.78 is 3.20. The van der Waals surface area contributed by atoms with Crippen molar-refractivity contribution in [2.24, 2.45) is 0 Å². The minimum absolute atomic E-state index is 0.985. The average Bonchev–Trinajstić information content (AvgIpc) is 3.31. The van der Waals surface area contributed by atoms with Gasteiger partial charge >= 0.3 is 179 Å². The van der Waals surface area contributed by atoms with Crippen molar-refractivity contribution in [2.75, 3.05) is 0 Å².